The Morgan fingerprint density at radius 3 is 0.750 bits per heavy atom. The van der Waals surface area contributed by atoms with E-state index in [1.54, 1.807) is 0 Å². The summed E-state index contributed by atoms with van der Waals surface area (Å²) in [6.07, 6.45) is 0. The molecule has 0 saturated carbocycles. The monoisotopic (exact) mass is 716 g/mol. The van der Waals surface area contributed by atoms with Crippen molar-refractivity contribution in [3.8, 4) is 44.5 Å². The number of benzene rings is 9. The third-order valence-corrected chi connectivity index (χ3v) is 10.3. The number of hydrogen-bond donors (Lipinski definition) is 0. The van der Waals surface area contributed by atoms with E-state index >= 15 is 0 Å². The molecule has 9 aromatic carbocycles. The number of anilines is 6. The van der Waals surface area contributed by atoms with Gasteiger partial charge in [0.25, 0.3) is 0 Å². The van der Waals surface area contributed by atoms with Gasteiger partial charge in [-0.15, -0.1) is 0 Å². The highest BCUT2D eigenvalue weighted by molar-refractivity contribution is 5.84. The zero-order valence-corrected chi connectivity index (χ0v) is 31.0. The van der Waals surface area contributed by atoms with Crippen molar-refractivity contribution in [1.82, 2.24) is 0 Å². The predicted octanol–water partition coefficient (Wildman–Crippen LogP) is 15.3. The highest BCUT2D eigenvalue weighted by Gasteiger charge is 2.16. The van der Waals surface area contributed by atoms with Crippen molar-refractivity contribution in [3.63, 3.8) is 0 Å². The van der Waals surface area contributed by atoms with Gasteiger partial charge in [-0.05, 0) is 117 Å². The molecule has 0 heterocycles. The third kappa shape index (κ3) is 7.37. The van der Waals surface area contributed by atoms with Crippen LogP contribution in [0.5, 0.6) is 0 Å². The van der Waals surface area contributed by atoms with Crippen LogP contribution in [0.1, 0.15) is 0 Å². The molecule has 0 saturated heterocycles. The Morgan fingerprint density at radius 1 is 0.161 bits per heavy atom. The minimum absolute atomic E-state index is 1.09. The standard InChI is InChI=1S/C54H40N2/c1-5-14-41(15-6-1)44-24-32-50(33-25-44)55(49-21-11-4-12-22-49)51-38-30-47(31-39-51)48-20-13-23-54(40-48)56(52-34-26-45(27-35-52)42-16-7-2-8-17-42)53-36-28-46(29-37-53)43-18-9-3-10-19-43/h1-40H. The Bertz CT molecular complexity index is 2540. The summed E-state index contributed by atoms with van der Waals surface area (Å²) >= 11 is 0. The van der Waals surface area contributed by atoms with Crippen LogP contribution >= 0.6 is 0 Å². The van der Waals surface area contributed by atoms with E-state index in [2.05, 4.69) is 252 Å². The molecule has 0 unspecified atom stereocenters. The summed E-state index contributed by atoms with van der Waals surface area (Å²) in [6.45, 7) is 0. The molecular formula is C54H40N2. The van der Waals surface area contributed by atoms with Gasteiger partial charge in [-0.2, -0.15) is 0 Å². The molecule has 266 valence electrons. The zero-order valence-electron chi connectivity index (χ0n) is 31.0. The first-order valence-corrected chi connectivity index (χ1v) is 19.1. The van der Waals surface area contributed by atoms with Gasteiger partial charge in [0, 0.05) is 34.1 Å². The molecule has 9 rings (SSSR count). The van der Waals surface area contributed by atoms with Gasteiger partial charge in [-0.1, -0.05) is 170 Å². The van der Waals surface area contributed by atoms with Crippen LogP contribution in [-0.2, 0) is 0 Å². The fourth-order valence-electron chi connectivity index (χ4n) is 7.40. The van der Waals surface area contributed by atoms with Gasteiger partial charge in [0.1, 0.15) is 0 Å². The molecule has 56 heavy (non-hydrogen) atoms. The summed E-state index contributed by atoms with van der Waals surface area (Å²) in [5.41, 5.74) is 16.1. The number of nitrogens with zero attached hydrogens (tertiary/aromatic N) is 2. The molecular weight excluding hydrogens is 677 g/mol. The second kappa shape index (κ2) is 15.9. The third-order valence-electron chi connectivity index (χ3n) is 10.3. The van der Waals surface area contributed by atoms with Crippen molar-refractivity contribution < 1.29 is 0 Å². The highest BCUT2D eigenvalue weighted by Crippen LogP contribution is 2.40. The average molecular weight is 717 g/mol. The maximum Gasteiger partial charge on any atom is 0.0467 e. The largest absolute Gasteiger partial charge is 0.311 e. The molecule has 9 aromatic rings. The quantitative estimate of drug-likeness (QED) is 0.139. The number of para-hydroxylation sites is 1. The lowest BCUT2D eigenvalue weighted by molar-refractivity contribution is 1.28. The smallest absolute Gasteiger partial charge is 0.0467 e. The maximum absolute atomic E-state index is 2.34. The van der Waals surface area contributed by atoms with E-state index in [1.165, 1.54) is 33.4 Å². The molecule has 0 aliphatic rings. The lowest BCUT2D eigenvalue weighted by Crippen LogP contribution is -2.10. The lowest BCUT2D eigenvalue weighted by atomic mass is 10.0. The van der Waals surface area contributed by atoms with Gasteiger partial charge >= 0.3 is 0 Å². The van der Waals surface area contributed by atoms with Gasteiger partial charge in [0.2, 0.25) is 0 Å². The molecule has 0 amide bonds. The van der Waals surface area contributed by atoms with Gasteiger partial charge < -0.3 is 9.80 Å². The van der Waals surface area contributed by atoms with E-state index in [4.69, 9.17) is 0 Å². The van der Waals surface area contributed by atoms with Crippen LogP contribution in [0.15, 0.2) is 243 Å². The number of hydrogen-bond acceptors (Lipinski definition) is 2. The Kier molecular flexibility index (Phi) is 9.75. The van der Waals surface area contributed by atoms with E-state index in [-0.39, 0.29) is 0 Å². The van der Waals surface area contributed by atoms with Gasteiger partial charge in [-0.3, -0.25) is 0 Å². The second-order valence-electron chi connectivity index (χ2n) is 13.8. The molecule has 2 nitrogen and oxygen atoms in total. The van der Waals surface area contributed by atoms with Gasteiger partial charge in [-0.25, -0.2) is 0 Å². The molecule has 0 fully saturated rings. The number of rotatable bonds is 10. The Morgan fingerprint density at radius 2 is 0.393 bits per heavy atom. The van der Waals surface area contributed by atoms with Crippen molar-refractivity contribution in [3.05, 3.63) is 243 Å². The molecule has 0 radical (unpaired) electrons. The molecule has 0 atom stereocenters. The minimum Gasteiger partial charge on any atom is -0.311 e. The first-order valence-electron chi connectivity index (χ1n) is 19.1. The fraction of sp³-hybridized carbons (Fsp3) is 0. The summed E-state index contributed by atoms with van der Waals surface area (Å²) in [7, 11) is 0. The van der Waals surface area contributed by atoms with Crippen LogP contribution < -0.4 is 9.80 Å². The average Bonchev–Trinajstić information content (AvgIpc) is 3.29. The van der Waals surface area contributed by atoms with Gasteiger partial charge in [0.05, 0.1) is 0 Å². The highest BCUT2D eigenvalue weighted by atomic mass is 15.1. The van der Waals surface area contributed by atoms with Crippen LogP contribution in [0.4, 0.5) is 34.1 Å². The minimum atomic E-state index is 1.09. The van der Waals surface area contributed by atoms with Crippen LogP contribution in [0.3, 0.4) is 0 Å². The van der Waals surface area contributed by atoms with E-state index in [1.807, 2.05) is 0 Å². The van der Waals surface area contributed by atoms with Crippen molar-refractivity contribution >= 4 is 34.1 Å². The SMILES string of the molecule is c1ccc(-c2ccc(N(c3ccccc3)c3ccc(-c4cccc(N(c5ccc(-c6ccccc6)cc5)c5ccc(-c6ccccc6)cc5)c4)cc3)cc2)cc1. The molecule has 0 aliphatic heterocycles. The van der Waals surface area contributed by atoms with E-state index in [9.17, 15) is 0 Å². The van der Waals surface area contributed by atoms with Crippen LogP contribution in [0.25, 0.3) is 44.5 Å². The fourth-order valence-corrected chi connectivity index (χ4v) is 7.40. The summed E-state index contributed by atoms with van der Waals surface area (Å²) in [5, 5.41) is 0. The summed E-state index contributed by atoms with van der Waals surface area (Å²) in [4.78, 5) is 4.66. The Balaban J connectivity index is 1.05. The maximum atomic E-state index is 2.34. The van der Waals surface area contributed by atoms with E-state index < -0.39 is 0 Å². The Labute approximate surface area is 329 Å². The lowest BCUT2D eigenvalue weighted by Gasteiger charge is -2.27. The second-order valence-corrected chi connectivity index (χ2v) is 13.8. The molecule has 0 aromatic heterocycles. The Hall–Kier alpha value is -7.42. The first kappa shape index (κ1) is 34.4. The van der Waals surface area contributed by atoms with E-state index in [0.717, 1.165) is 45.3 Å². The predicted molar refractivity (Wildman–Crippen MR) is 238 cm³/mol. The molecule has 0 N–H and O–H groups in total. The summed E-state index contributed by atoms with van der Waals surface area (Å²) in [5.74, 6) is 0. The zero-order chi connectivity index (χ0) is 37.5. The molecule has 0 aliphatic carbocycles. The van der Waals surface area contributed by atoms with Crippen molar-refractivity contribution in [2.45, 2.75) is 0 Å². The van der Waals surface area contributed by atoms with Crippen LogP contribution in [-0.4, -0.2) is 0 Å². The molecule has 0 bridgehead atoms. The van der Waals surface area contributed by atoms with Gasteiger partial charge in [0.15, 0.2) is 0 Å². The summed E-state index contributed by atoms with van der Waals surface area (Å²) < 4.78 is 0. The topological polar surface area (TPSA) is 6.48 Å². The molecule has 2 heteroatoms. The van der Waals surface area contributed by atoms with Crippen molar-refractivity contribution in [2.75, 3.05) is 9.80 Å². The van der Waals surface area contributed by atoms with Crippen molar-refractivity contribution in [2.24, 2.45) is 0 Å². The van der Waals surface area contributed by atoms with Crippen LogP contribution in [0.2, 0.25) is 0 Å². The van der Waals surface area contributed by atoms with Crippen LogP contribution in [0, 0.1) is 0 Å². The van der Waals surface area contributed by atoms with Crippen molar-refractivity contribution in [1.29, 1.82) is 0 Å². The first-order chi connectivity index (χ1) is 27.8. The molecule has 0 spiro atoms. The summed E-state index contributed by atoms with van der Waals surface area (Å²) in [6, 6.07) is 86.5. The normalized spacial score (nSPS) is 10.9. The van der Waals surface area contributed by atoms with E-state index in [0.29, 0.717) is 0 Å².